The van der Waals surface area contributed by atoms with Gasteiger partial charge in [-0.3, -0.25) is 9.59 Å². The van der Waals surface area contributed by atoms with Crippen LogP contribution in [-0.2, 0) is 16.0 Å². The molecule has 7 nitrogen and oxygen atoms in total. The van der Waals surface area contributed by atoms with E-state index in [4.69, 9.17) is 4.74 Å². The van der Waals surface area contributed by atoms with Gasteiger partial charge in [-0.2, -0.15) is 0 Å². The summed E-state index contributed by atoms with van der Waals surface area (Å²) in [4.78, 5) is 33.2. The van der Waals surface area contributed by atoms with E-state index in [2.05, 4.69) is 20.2 Å². The van der Waals surface area contributed by atoms with Gasteiger partial charge in [0.15, 0.2) is 0 Å². The molecule has 128 valence electrons. The predicted octanol–water partition coefficient (Wildman–Crippen LogP) is 0.0137. The highest BCUT2D eigenvalue weighted by molar-refractivity contribution is 5.78. The summed E-state index contributed by atoms with van der Waals surface area (Å²) in [5, 5.41) is 2.94. The van der Waals surface area contributed by atoms with Crippen molar-refractivity contribution in [2.24, 2.45) is 5.92 Å². The van der Waals surface area contributed by atoms with Crippen LogP contribution < -0.4 is 10.9 Å². The number of aromatic nitrogens is 2. The van der Waals surface area contributed by atoms with E-state index in [1.54, 1.807) is 21.0 Å². The molecule has 0 spiro atoms. The van der Waals surface area contributed by atoms with E-state index in [0.29, 0.717) is 29.5 Å². The molecule has 7 heteroatoms. The van der Waals surface area contributed by atoms with Crippen LogP contribution in [0.5, 0.6) is 0 Å². The molecule has 1 aliphatic heterocycles. The number of nitrogens with zero attached hydrogens (tertiary/aromatic N) is 2. The number of hydrogen-bond donors (Lipinski definition) is 2. The molecule has 1 saturated heterocycles. The van der Waals surface area contributed by atoms with Gasteiger partial charge in [0.25, 0.3) is 5.56 Å². The zero-order valence-corrected chi connectivity index (χ0v) is 14.1. The number of aromatic amines is 1. The molecule has 0 unspecified atom stereocenters. The highest BCUT2D eigenvalue weighted by Gasteiger charge is 2.22. The third-order valence-corrected chi connectivity index (χ3v) is 4.25. The normalized spacial score (nSPS) is 18.3. The highest BCUT2D eigenvalue weighted by atomic mass is 16.5. The smallest absolute Gasteiger partial charge is 0.254 e. The maximum absolute atomic E-state index is 12.1. The SMILES string of the molecule is COCCN1CC[C@H](CNC(=O)Cc2c(C)nc(C)[nH]c2=O)C1. The number of methoxy groups -OCH3 is 1. The number of rotatable bonds is 7. The van der Waals surface area contributed by atoms with Crippen molar-refractivity contribution in [2.75, 3.05) is 39.9 Å². The van der Waals surface area contributed by atoms with Crippen molar-refractivity contribution < 1.29 is 9.53 Å². The van der Waals surface area contributed by atoms with Gasteiger partial charge in [0.1, 0.15) is 5.82 Å². The third-order valence-electron chi connectivity index (χ3n) is 4.25. The second-order valence-electron chi connectivity index (χ2n) is 6.14. The molecule has 0 aromatic carbocycles. The van der Waals surface area contributed by atoms with Gasteiger partial charge in [-0.25, -0.2) is 4.98 Å². The Morgan fingerprint density at radius 2 is 2.26 bits per heavy atom. The van der Waals surface area contributed by atoms with Crippen LogP contribution >= 0.6 is 0 Å². The van der Waals surface area contributed by atoms with Crippen LogP contribution in [0.3, 0.4) is 0 Å². The number of ether oxygens (including phenoxy) is 1. The Labute approximate surface area is 136 Å². The monoisotopic (exact) mass is 322 g/mol. The molecular weight excluding hydrogens is 296 g/mol. The van der Waals surface area contributed by atoms with Crippen LogP contribution in [0.1, 0.15) is 23.5 Å². The summed E-state index contributed by atoms with van der Waals surface area (Å²) in [6.07, 6.45) is 1.16. The van der Waals surface area contributed by atoms with Crippen molar-refractivity contribution in [3.63, 3.8) is 0 Å². The molecule has 1 atom stereocenters. The predicted molar refractivity (Wildman–Crippen MR) is 87.5 cm³/mol. The van der Waals surface area contributed by atoms with Gasteiger partial charge >= 0.3 is 0 Å². The number of amides is 1. The van der Waals surface area contributed by atoms with Crippen molar-refractivity contribution in [3.8, 4) is 0 Å². The molecule has 0 aliphatic carbocycles. The Hall–Kier alpha value is -1.73. The highest BCUT2D eigenvalue weighted by Crippen LogP contribution is 2.14. The summed E-state index contributed by atoms with van der Waals surface area (Å²) in [6.45, 7) is 7.84. The Morgan fingerprint density at radius 3 is 2.96 bits per heavy atom. The van der Waals surface area contributed by atoms with Gasteiger partial charge in [0.05, 0.1) is 13.0 Å². The number of nitrogens with one attached hydrogen (secondary N) is 2. The van der Waals surface area contributed by atoms with Gasteiger partial charge in [-0.1, -0.05) is 0 Å². The first-order valence-electron chi connectivity index (χ1n) is 8.04. The van der Waals surface area contributed by atoms with Crippen LogP contribution in [0.15, 0.2) is 4.79 Å². The molecule has 1 aliphatic rings. The molecular formula is C16H26N4O3. The summed E-state index contributed by atoms with van der Waals surface area (Å²) in [5.41, 5.74) is 0.839. The minimum Gasteiger partial charge on any atom is -0.383 e. The summed E-state index contributed by atoms with van der Waals surface area (Å²) < 4.78 is 5.08. The number of likely N-dealkylation sites (tertiary alicyclic amines) is 1. The van der Waals surface area contributed by atoms with Gasteiger partial charge in [-0.05, 0) is 32.7 Å². The number of hydrogen-bond acceptors (Lipinski definition) is 5. The quantitative estimate of drug-likeness (QED) is 0.739. The van der Waals surface area contributed by atoms with E-state index in [9.17, 15) is 9.59 Å². The second-order valence-corrected chi connectivity index (χ2v) is 6.14. The van der Waals surface area contributed by atoms with Crippen molar-refractivity contribution in [1.82, 2.24) is 20.2 Å². The maximum Gasteiger partial charge on any atom is 0.254 e. The molecule has 2 rings (SSSR count). The summed E-state index contributed by atoms with van der Waals surface area (Å²) >= 11 is 0. The van der Waals surface area contributed by atoms with Crippen molar-refractivity contribution >= 4 is 5.91 Å². The number of carbonyl (C=O) groups excluding carboxylic acids is 1. The second kappa shape index (κ2) is 8.21. The third kappa shape index (κ3) is 5.14. The summed E-state index contributed by atoms with van der Waals surface area (Å²) in [5.74, 6) is 0.907. The lowest BCUT2D eigenvalue weighted by Crippen LogP contribution is -2.34. The van der Waals surface area contributed by atoms with E-state index in [0.717, 1.165) is 32.7 Å². The van der Waals surface area contributed by atoms with Gasteiger partial charge < -0.3 is 19.9 Å². The Balaban J connectivity index is 1.79. The standard InChI is InChI=1S/C16H26N4O3/c1-11-14(16(22)19-12(2)18-11)8-15(21)17-9-13-4-5-20(10-13)6-7-23-3/h13H,4-10H2,1-3H3,(H,17,21)(H,18,19,22)/t13-/m1/s1. The Bertz CT molecular complexity index is 599. The fourth-order valence-electron chi connectivity index (χ4n) is 2.94. The lowest BCUT2D eigenvalue weighted by molar-refractivity contribution is -0.120. The van der Waals surface area contributed by atoms with Crippen LogP contribution in [0, 0.1) is 19.8 Å². The van der Waals surface area contributed by atoms with E-state index in [1.165, 1.54) is 0 Å². The molecule has 2 heterocycles. The maximum atomic E-state index is 12.1. The molecule has 0 radical (unpaired) electrons. The van der Waals surface area contributed by atoms with Crippen molar-refractivity contribution in [1.29, 1.82) is 0 Å². The number of H-pyrrole nitrogens is 1. The lowest BCUT2D eigenvalue weighted by Gasteiger charge is -2.15. The fourth-order valence-corrected chi connectivity index (χ4v) is 2.94. The topological polar surface area (TPSA) is 87.3 Å². The molecule has 2 N–H and O–H groups in total. The van der Waals surface area contributed by atoms with Crippen LogP contribution in [0.2, 0.25) is 0 Å². The molecule has 1 aromatic heterocycles. The van der Waals surface area contributed by atoms with Gasteiger partial charge in [0, 0.05) is 38.0 Å². The zero-order valence-electron chi connectivity index (χ0n) is 14.1. The number of aryl methyl sites for hydroxylation is 2. The summed E-state index contributed by atoms with van der Waals surface area (Å²) in [6, 6.07) is 0. The first-order chi connectivity index (χ1) is 11.0. The average Bonchev–Trinajstić information content (AvgIpc) is 2.94. The minimum atomic E-state index is -0.225. The van der Waals surface area contributed by atoms with Gasteiger partial charge in [0.2, 0.25) is 5.91 Å². The van der Waals surface area contributed by atoms with Gasteiger partial charge in [-0.15, -0.1) is 0 Å². The van der Waals surface area contributed by atoms with Crippen LogP contribution in [-0.4, -0.2) is 60.7 Å². The van der Waals surface area contributed by atoms with E-state index in [-0.39, 0.29) is 17.9 Å². The minimum absolute atomic E-state index is 0.0779. The van der Waals surface area contributed by atoms with Crippen molar-refractivity contribution in [3.05, 3.63) is 27.4 Å². The van der Waals surface area contributed by atoms with Crippen LogP contribution in [0.4, 0.5) is 0 Å². The van der Waals surface area contributed by atoms with Crippen molar-refractivity contribution in [2.45, 2.75) is 26.7 Å². The first kappa shape index (κ1) is 17.6. The molecule has 23 heavy (non-hydrogen) atoms. The fraction of sp³-hybridized carbons (Fsp3) is 0.688. The van der Waals surface area contributed by atoms with E-state index in [1.807, 2.05) is 0 Å². The molecule has 0 saturated carbocycles. The molecule has 1 fully saturated rings. The molecule has 1 amide bonds. The average molecular weight is 322 g/mol. The van der Waals surface area contributed by atoms with E-state index < -0.39 is 0 Å². The Morgan fingerprint density at radius 1 is 1.48 bits per heavy atom. The lowest BCUT2D eigenvalue weighted by atomic mass is 10.1. The zero-order chi connectivity index (χ0) is 16.8. The first-order valence-corrected chi connectivity index (χ1v) is 8.04. The largest absolute Gasteiger partial charge is 0.383 e. The number of carbonyl (C=O) groups is 1. The van der Waals surface area contributed by atoms with E-state index >= 15 is 0 Å². The molecule has 1 aromatic rings. The Kier molecular flexibility index (Phi) is 6.29. The molecule has 0 bridgehead atoms. The van der Waals surface area contributed by atoms with Crippen LogP contribution in [0.25, 0.3) is 0 Å². The summed E-state index contributed by atoms with van der Waals surface area (Å²) in [7, 11) is 1.71.